The van der Waals surface area contributed by atoms with Crippen LogP contribution in [0.3, 0.4) is 0 Å². The number of benzene rings is 1. The molecule has 1 aromatic rings. The van der Waals surface area contributed by atoms with Crippen molar-refractivity contribution in [3.05, 3.63) is 33.3 Å². The van der Waals surface area contributed by atoms with Gasteiger partial charge < -0.3 is 0 Å². The molecular formula is C9H7BrClNO. The van der Waals surface area contributed by atoms with E-state index >= 15 is 0 Å². The molecule has 1 unspecified atom stereocenters. The van der Waals surface area contributed by atoms with Gasteiger partial charge in [0.1, 0.15) is 0 Å². The zero-order valence-corrected chi connectivity index (χ0v) is 9.26. The first-order chi connectivity index (χ1) is 6.15. The van der Waals surface area contributed by atoms with Crippen molar-refractivity contribution in [3.8, 4) is 0 Å². The normalized spacial score (nSPS) is 11.9. The Kier molecular flexibility index (Phi) is 3.67. The molecule has 1 atom stereocenters. The van der Waals surface area contributed by atoms with Gasteiger partial charge in [0.15, 0.2) is 0 Å². The van der Waals surface area contributed by atoms with Crippen LogP contribution < -0.4 is 0 Å². The molecule has 0 amide bonds. The monoisotopic (exact) mass is 259 g/mol. The minimum atomic E-state index is -0.248. The molecule has 13 heavy (non-hydrogen) atoms. The van der Waals surface area contributed by atoms with Crippen LogP contribution in [0.15, 0.2) is 27.7 Å². The average molecular weight is 261 g/mol. The summed E-state index contributed by atoms with van der Waals surface area (Å²) in [5, 5.41) is 0.606. The number of isocyanates is 1. The summed E-state index contributed by atoms with van der Waals surface area (Å²) in [6, 6.07) is 5.19. The van der Waals surface area contributed by atoms with Gasteiger partial charge in [-0.15, -0.1) is 0 Å². The van der Waals surface area contributed by atoms with Crippen LogP contribution in [0.25, 0.3) is 0 Å². The van der Waals surface area contributed by atoms with Crippen LogP contribution in [0.1, 0.15) is 18.5 Å². The number of rotatable bonds is 2. The third kappa shape index (κ3) is 2.66. The minimum Gasteiger partial charge on any atom is -0.211 e. The topological polar surface area (TPSA) is 29.4 Å². The highest BCUT2D eigenvalue weighted by Gasteiger charge is 2.08. The second kappa shape index (κ2) is 4.56. The Bertz CT molecular complexity index is 361. The lowest BCUT2D eigenvalue weighted by atomic mass is 10.1. The second-order valence-electron chi connectivity index (χ2n) is 2.56. The molecule has 0 aromatic heterocycles. The van der Waals surface area contributed by atoms with E-state index in [1.54, 1.807) is 13.0 Å². The van der Waals surface area contributed by atoms with Crippen molar-refractivity contribution < 1.29 is 4.79 Å². The van der Waals surface area contributed by atoms with Gasteiger partial charge in [-0.25, -0.2) is 4.79 Å². The molecule has 0 saturated heterocycles. The van der Waals surface area contributed by atoms with Crippen LogP contribution in [-0.2, 0) is 4.79 Å². The second-order valence-corrected chi connectivity index (χ2v) is 3.89. The first-order valence-electron chi connectivity index (χ1n) is 3.67. The van der Waals surface area contributed by atoms with Gasteiger partial charge in [-0.1, -0.05) is 27.5 Å². The third-order valence-corrected chi connectivity index (χ3v) is 2.49. The summed E-state index contributed by atoms with van der Waals surface area (Å²) in [6.07, 6.45) is 1.51. The summed E-state index contributed by atoms with van der Waals surface area (Å²) in [7, 11) is 0. The zero-order valence-electron chi connectivity index (χ0n) is 6.92. The molecular weight excluding hydrogens is 253 g/mol. The van der Waals surface area contributed by atoms with E-state index in [9.17, 15) is 4.79 Å². The smallest absolute Gasteiger partial charge is 0.211 e. The van der Waals surface area contributed by atoms with Crippen molar-refractivity contribution in [3.63, 3.8) is 0 Å². The molecule has 1 rings (SSSR count). The molecule has 0 spiro atoms. The van der Waals surface area contributed by atoms with Crippen LogP contribution in [0.2, 0.25) is 5.02 Å². The van der Waals surface area contributed by atoms with Gasteiger partial charge in [0.2, 0.25) is 6.08 Å². The molecule has 2 nitrogen and oxygen atoms in total. The van der Waals surface area contributed by atoms with Crippen molar-refractivity contribution in [1.29, 1.82) is 0 Å². The molecule has 4 heteroatoms. The molecule has 0 radical (unpaired) electrons. The van der Waals surface area contributed by atoms with Gasteiger partial charge in [0, 0.05) is 9.50 Å². The molecule has 0 N–H and O–H groups in total. The molecule has 0 aliphatic heterocycles. The highest BCUT2D eigenvalue weighted by atomic mass is 79.9. The summed E-state index contributed by atoms with van der Waals surface area (Å²) < 4.78 is 0.917. The first kappa shape index (κ1) is 10.5. The summed E-state index contributed by atoms with van der Waals surface area (Å²) in [6.45, 7) is 1.79. The number of hydrogen-bond donors (Lipinski definition) is 0. The number of aliphatic imine (C=N–C) groups is 1. The Labute approximate surface area is 89.8 Å². The molecule has 0 heterocycles. The molecule has 0 aliphatic rings. The van der Waals surface area contributed by atoms with Crippen molar-refractivity contribution in [1.82, 2.24) is 0 Å². The maximum Gasteiger partial charge on any atom is 0.235 e. The fraction of sp³-hybridized carbons (Fsp3) is 0.222. The van der Waals surface area contributed by atoms with Gasteiger partial charge in [-0.05, 0) is 30.7 Å². The van der Waals surface area contributed by atoms with Crippen LogP contribution in [0.5, 0.6) is 0 Å². The van der Waals surface area contributed by atoms with E-state index in [0.29, 0.717) is 5.02 Å². The van der Waals surface area contributed by atoms with Crippen molar-refractivity contribution in [2.45, 2.75) is 13.0 Å². The lowest BCUT2D eigenvalue weighted by Crippen LogP contribution is -1.90. The number of carbonyl (C=O) groups excluding carboxylic acids is 1. The summed E-state index contributed by atoms with van der Waals surface area (Å²) in [5.74, 6) is 0. The highest BCUT2D eigenvalue weighted by Crippen LogP contribution is 2.27. The Morgan fingerprint density at radius 3 is 2.92 bits per heavy atom. The maximum atomic E-state index is 10.0. The SMILES string of the molecule is CC(N=C=O)c1cc(Br)ccc1Cl. The lowest BCUT2D eigenvalue weighted by molar-refractivity contribution is 0.559. The van der Waals surface area contributed by atoms with Gasteiger partial charge in [0.05, 0.1) is 6.04 Å². The predicted octanol–water partition coefficient (Wildman–Crippen LogP) is 3.50. The van der Waals surface area contributed by atoms with Crippen molar-refractivity contribution in [2.24, 2.45) is 4.99 Å². The summed E-state index contributed by atoms with van der Waals surface area (Å²) >= 11 is 9.23. The van der Waals surface area contributed by atoms with E-state index in [0.717, 1.165) is 10.0 Å². The van der Waals surface area contributed by atoms with Gasteiger partial charge in [-0.3, -0.25) is 0 Å². The zero-order chi connectivity index (χ0) is 9.84. The number of nitrogens with zero attached hydrogens (tertiary/aromatic N) is 1. The highest BCUT2D eigenvalue weighted by molar-refractivity contribution is 9.10. The molecule has 0 fully saturated rings. The van der Waals surface area contributed by atoms with E-state index in [2.05, 4.69) is 20.9 Å². The maximum absolute atomic E-state index is 10.0. The molecule has 0 bridgehead atoms. The Morgan fingerprint density at radius 2 is 2.31 bits per heavy atom. The molecule has 68 valence electrons. The number of halogens is 2. The van der Waals surface area contributed by atoms with Gasteiger partial charge >= 0.3 is 0 Å². The Morgan fingerprint density at radius 1 is 1.62 bits per heavy atom. The fourth-order valence-electron chi connectivity index (χ4n) is 0.983. The number of hydrogen-bond acceptors (Lipinski definition) is 2. The van der Waals surface area contributed by atoms with E-state index in [4.69, 9.17) is 11.6 Å². The Balaban J connectivity index is 3.12. The quantitative estimate of drug-likeness (QED) is 0.591. The largest absolute Gasteiger partial charge is 0.235 e. The standard InChI is InChI=1S/C9H7BrClNO/c1-6(12-5-13)8-4-7(10)2-3-9(8)11/h2-4,6H,1H3. The van der Waals surface area contributed by atoms with Gasteiger partial charge in [0.25, 0.3) is 0 Å². The first-order valence-corrected chi connectivity index (χ1v) is 4.84. The fourth-order valence-corrected chi connectivity index (χ4v) is 1.64. The predicted molar refractivity (Wildman–Crippen MR) is 55.7 cm³/mol. The van der Waals surface area contributed by atoms with Crippen LogP contribution in [-0.4, -0.2) is 6.08 Å². The van der Waals surface area contributed by atoms with Crippen LogP contribution >= 0.6 is 27.5 Å². The van der Waals surface area contributed by atoms with Gasteiger partial charge in [-0.2, -0.15) is 4.99 Å². The van der Waals surface area contributed by atoms with E-state index in [-0.39, 0.29) is 6.04 Å². The van der Waals surface area contributed by atoms with Crippen molar-refractivity contribution >= 4 is 33.6 Å². The van der Waals surface area contributed by atoms with Crippen LogP contribution in [0.4, 0.5) is 0 Å². The molecule has 0 saturated carbocycles. The van der Waals surface area contributed by atoms with Crippen molar-refractivity contribution in [2.75, 3.05) is 0 Å². The molecule has 0 aliphatic carbocycles. The minimum absolute atomic E-state index is 0.248. The summed E-state index contributed by atoms with van der Waals surface area (Å²) in [5.41, 5.74) is 0.819. The van der Waals surface area contributed by atoms with E-state index < -0.39 is 0 Å². The average Bonchev–Trinajstić information content (AvgIpc) is 2.09. The Hall–Kier alpha value is -0.630. The summed E-state index contributed by atoms with van der Waals surface area (Å²) in [4.78, 5) is 13.6. The molecule has 1 aromatic carbocycles. The van der Waals surface area contributed by atoms with Crippen LogP contribution in [0, 0.1) is 0 Å². The van der Waals surface area contributed by atoms with E-state index in [1.807, 2.05) is 12.1 Å². The third-order valence-electron chi connectivity index (χ3n) is 1.65. The lowest BCUT2D eigenvalue weighted by Gasteiger charge is -2.06. The van der Waals surface area contributed by atoms with E-state index in [1.165, 1.54) is 6.08 Å².